The van der Waals surface area contributed by atoms with E-state index in [1.807, 2.05) is 36.3 Å². The van der Waals surface area contributed by atoms with Gasteiger partial charge in [-0.05, 0) is 12.1 Å². The van der Waals surface area contributed by atoms with Gasteiger partial charge in [0.1, 0.15) is 17.7 Å². The molecule has 0 saturated carbocycles. The molecule has 1 atom stereocenters. The van der Waals surface area contributed by atoms with Crippen LogP contribution in [0.1, 0.15) is 28.8 Å². The summed E-state index contributed by atoms with van der Waals surface area (Å²) in [6, 6.07) is 6.52. The van der Waals surface area contributed by atoms with Crippen LogP contribution in [0.4, 0.5) is 4.39 Å². The van der Waals surface area contributed by atoms with E-state index in [4.69, 9.17) is 0 Å². The van der Waals surface area contributed by atoms with Gasteiger partial charge in [-0.3, -0.25) is 10.00 Å². The number of halogens is 1. The average molecular weight is 377 g/mol. The SMILES string of the molecule is Cn1ccnc1C1c2nc[nH]c2CCN1Cc1cn[nH]c1-c1cccc(F)c1. The van der Waals surface area contributed by atoms with E-state index in [1.54, 1.807) is 12.4 Å². The Kier molecular flexibility index (Phi) is 4.05. The predicted octanol–water partition coefficient (Wildman–Crippen LogP) is 2.82. The quantitative estimate of drug-likeness (QED) is 0.573. The van der Waals surface area contributed by atoms with Crippen LogP contribution in [0.2, 0.25) is 0 Å². The number of hydrogen-bond donors (Lipinski definition) is 2. The topological polar surface area (TPSA) is 78.4 Å². The van der Waals surface area contributed by atoms with E-state index in [-0.39, 0.29) is 11.9 Å². The lowest BCUT2D eigenvalue weighted by Gasteiger charge is -2.34. The number of fused-ring (bicyclic) bond motifs is 1. The maximum absolute atomic E-state index is 13.7. The Hall–Kier alpha value is -3.26. The molecule has 1 unspecified atom stereocenters. The summed E-state index contributed by atoms with van der Waals surface area (Å²) in [5.41, 5.74) is 4.81. The van der Waals surface area contributed by atoms with Crippen LogP contribution in [0.15, 0.2) is 49.2 Å². The standard InChI is InChI=1S/C20H20FN7/c1-27-8-6-22-20(27)19-18-16(23-12-24-18)5-7-28(19)11-14-10-25-26-17(14)13-3-2-4-15(21)9-13/h2-4,6,8-10,12,19H,5,7,11H2,1H3,(H,23,24)(H,25,26). The number of imidazole rings is 2. The summed E-state index contributed by atoms with van der Waals surface area (Å²) in [7, 11) is 2.00. The van der Waals surface area contributed by atoms with Crippen LogP contribution in [-0.4, -0.2) is 41.2 Å². The molecule has 0 amide bonds. The number of aryl methyl sites for hydroxylation is 1. The van der Waals surface area contributed by atoms with E-state index < -0.39 is 0 Å². The summed E-state index contributed by atoms with van der Waals surface area (Å²) < 4.78 is 15.7. The Bertz CT molecular complexity index is 1110. The van der Waals surface area contributed by atoms with Crippen molar-refractivity contribution in [3.05, 3.63) is 77.8 Å². The lowest BCUT2D eigenvalue weighted by Crippen LogP contribution is -2.37. The Labute approximate surface area is 161 Å². The van der Waals surface area contributed by atoms with Gasteiger partial charge in [-0.15, -0.1) is 0 Å². The van der Waals surface area contributed by atoms with E-state index >= 15 is 0 Å². The summed E-state index contributed by atoms with van der Waals surface area (Å²) in [4.78, 5) is 14.8. The zero-order valence-electron chi connectivity index (χ0n) is 15.4. The molecule has 2 N–H and O–H groups in total. The van der Waals surface area contributed by atoms with Gasteiger partial charge in [0.25, 0.3) is 0 Å². The minimum absolute atomic E-state index is 0.0507. The number of benzene rings is 1. The van der Waals surface area contributed by atoms with Gasteiger partial charge in [-0.25, -0.2) is 14.4 Å². The van der Waals surface area contributed by atoms with Gasteiger partial charge >= 0.3 is 0 Å². The van der Waals surface area contributed by atoms with Crippen molar-refractivity contribution in [1.29, 1.82) is 0 Å². The Morgan fingerprint density at radius 1 is 1.29 bits per heavy atom. The molecule has 7 nitrogen and oxygen atoms in total. The van der Waals surface area contributed by atoms with Crippen LogP contribution in [0.5, 0.6) is 0 Å². The smallest absolute Gasteiger partial charge is 0.132 e. The van der Waals surface area contributed by atoms with Crippen molar-refractivity contribution in [2.45, 2.75) is 19.0 Å². The van der Waals surface area contributed by atoms with Crippen LogP contribution in [-0.2, 0) is 20.0 Å². The highest BCUT2D eigenvalue weighted by atomic mass is 19.1. The molecule has 0 radical (unpaired) electrons. The molecule has 28 heavy (non-hydrogen) atoms. The average Bonchev–Trinajstić information content (AvgIpc) is 3.42. The van der Waals surface area contributed by atoms with Crippen molar-refractivity contribution in [3.63, 3.8) is 0 Å². The monoisotopic (exact) mass is 377 g/mol. The van der Waals surface area contributed by atoms with E-state index in [9.17, 15) is 4.39 Å². The maximum Gasteiger partial charge on any atom is 0.132 e. The largest absolute Gasteiger partial charge is 0.348 e. The number of H-pyrrole nitrogens is 2. The minimum Gasteiger partial charge on any atom is -0.348 e. The van der Waals surface area contributed by atoms with Crippen molar-refractivity contribution >= 4 is 0 Å². The number of rotatable bonds is 4. The zero-order valence-corrected chi connectivity index (χ0v) is 15.4. The number of nitrogens with zero attached hydrogens (tertiary/aromatic N) is 5. The van der Waals surface area contributed by atoms with Crippen molar-refractivity contribution in [1.82, 2.24) is 34.6 Å². The van der Waals surface area contributed by atoms with Crippen LogP contribution in [0.25, 0.3) is 11.3 Å². The number of hydrogen-bond acceptors (Lipinski definition) is 4. The van der Waals surface area contributed by atoms with Crippen molar-refractivity contribution < 1.29 is 4.39 Å². The summed E-state index contributed by atoms with van der Waals surface area (Å²) >= 11 is 0. The van der Waals surface area contributed by atoms with E-state index in [1.165, 1.54) is 12.1 Å². The summed E-state index contributed by atoms with van der Waals surface area (Å²) in [5, 5.41) is 7.24. The Balaban J connectivity index is 1.52. The maximum atomic E-state index is 13.7. The van der Waals surface area contributed by atoms with Gasteiger partial charge in [-0.1, -0.05) is 12.1 Å². The molecular formula is C20H20FN7. The molecule has 0 bridgehead atoms. The van der Waals surface area contributed by atoms with Crippen LogP contribution < -0.4 is 0 Å². The molecule has 8 heteroatoms. The molecule has 5 rings (SSSR count). The molecule has 142 valence electrons. The van der Waals surface area contributed by atoms with Gasteiger partial charge in [0.05, 0.1) is 23.9 Å². The molecule has 3 aromatic heterocycles. The van der Waals surface area contributed by atoms with Gasteiger partial charge in [0.2, 0.25) is 0 Å². The molecule has 1 aliphatic heterocycles. The number of aromatic amines is 2. The number of aromatic nitrogens is 6. The van der Waals surface area contributed by atoms with Gasteiger partial charge in [0, 0.05) is 55.8 Å². The molecule has 0 saturated heterocycles. The Morgan fingerprint density at radius 2 is 2.21 bits per heavy atom. The third-order valence-corrected chi connectivity index (χ3v) is 5.33. The first kappa shape index (κ1) is 16.9. The van der Waals surface area contributed by atoms with Gasteiger partial charge in [0.15, 0.2) is 0 Å². The highest BCUT2D eigenvalue weighted by Crippen LogP contribution is 2.34. The second kappa shape index (κ2) is 6.72. The third-order valence-electron chi connectivity index (χ3n) is 5.33. The summed E-state index contributed by atoms with van der Waals surface area (Å²) in [6.45, 7) is 1.52. The van der Waals surface area contributed by atoms with Gasteiger partial charge < -0.3 is 9.55 Å². The second-order valence-corrected chi connectivity index (χ2v) is 7.07. The summed E-state index contributed by atoms with van der Waals surface area (Å²) in [6.07, 6.45) is 8.22. The fourth-order valence-corrected chi connectivity index (χ4v) is 3.97. The molecular weight excluding hydrogens is 357 g/mol. The third kappa shape index (κ3) is 2.82. The molecule has 1 aromatic carbocycles. The van der Waals surface area contributed by atoms with Crippen LogP contribution in [0.3, 0.4) is 0 Å². The number of nitrogens with one attached hydrogen (secondary N) is 2. The van der Waals surface area contributed by atoms with E-state index in [0.717, 1.165) is 47.0 Å². The van der Waals surface area contributed by atoms with Crippen LogP contribution >= 0.6 is 0 Å². The minimum atomic E-state index is -0.261. The lowest BCUT2D eigenvalue weighted by atomic mass is 10.00. The first-order valence-corrected chi connectivity index (χ1v) is 9.22. The molecule has 0 spiro atoms. The van der Waals surface area contributed by atoms with Crippen molar-refractivity contribution in [2.75, 3.05) is 6.54 Å². The normalized spacial score (nSPS) is 17.0. The van der Waals surface area contributed by atoms with Crippen molar-refractivity contribution in [2.24, 2.45) is 7.05 Å². The molecule has 1 aliphatic rings. The van der Waals surface area contributed by atoms with E-state index in [2.05, 4.69) is 30.0 Å². The van der Waals surface area contributed by atoms with Gasteiger partial charge in [-0.2, -0.15) is 5.10 Å². The molecule has 0 fully saturated rings. The summed E-state index contributed by atoms with van der Waals surface area (Å²) in [5.74, 6) is 0.687. The molecule has 0 aliphatic carbocycles. The Morgan fingerprint density at radius 3 is 3.04 bits per heavy atom. The lowest BCUT2D eigenvalue weighted by molar-refractivity contribution is 0.191. The van der Waals surface area contributed by atoms with Crippen molar-refractivity contribution in [3.8, 4) is 11.3 Å². The molecule has 4 heterocycles. The molecule has 4 aromatic rings. The zero-order chi connectivity index (χ0) is 19.1. The second-order valence-electron chi connectivity index (χ2n) is 7.07. The van der Waals surface area contributed by atoms with E-state index in [0.29, 0.717) is 6.54 Å². The predicted molar refractivity (Wildman–Crippen MR) is 102 cm³/mol. The fourth-order valence-electron chi connectivity index (χ4n) is 3.97. The first-order chi connectivity index (χ1) is 13.7. The highest BCUT2D eigenvalue weighted by Gasteiger charge is 2.34. The fraction of sp³-hybridized carbons (Fsp3) is 0.250. The van der Waals surface area contributed by atoms with Crippen LogP contribution in [0, 0.1) is 5.82 Å². The highest BCUT2D eigenvalue weighted by molar-refractivity contribution is 5.62. The first-order valence-electron chi connectivity index (χ1n) is 9.22.